The fourth-order valence-electron chi connectivity index (χ4n) is 4.61. The first-order chi connectivity index (χ1) is 13.4. The Balaban J connectivity index is 1.45. The Morgan fingerprint density at radius 2 is 1.82 bits per heavy atom. The molecule has 152 valence electrons. The van der Waals surface area contributed by atoms with Crippen LogP contribution in [-0.4, -0.2) is 45.3 Å². The van der Waals surface area contributed by atoms with Crippen molar-refractivity contribution in [3.63, 3.8) is 0 Å². The SMILES string of the molecule is CC(C)(C)OC(=O)Nc1ccc2ncn(C3CCN(C4CCCC4)CC3)c2c1. The molecule has 6 heteroatoms. The Kier molecular flexibility index (Phi) is 5.32. The van der Waals surface area contributed by atoms with Gasteiger partial charge in [-0.2, -0.15) is 0 Å². The number of amides is 1. The number of fused-ring (bicyclic) bond motifs is 1. The van der Waals surface area contributed by atoms with Crippen LogP contribution in [0, 0.1) is 0 Å². The number of hydrogen-bond donors (Lipinski definition) is 1. The van der Waals surface area contributed by atoms with Gasteiger partial charge >= 0.3 is 6.09 Å². The maximum atomic E-state index is 12.1. The Bertz CT molecular complexity index is 825. The zero-order chi connectivity index (χ0) is 19.7. The highest BCUT2D eigenvalue weighted by Crippen LogP contribution is 2.32. The van der Waals surface area contributed by atoms with Crippen molar-refractivity contribution in [1.29, 1.82) is 0 Å². The third-order valence-corrected chi connectivity index (χ3v) is 5.95. The van der Waals surface area contributed by atoms with Crippen molar-refractivity contribution in [2.45, 2.75) is 77.0 Å². The number of benzene rings is 1. The molecule has 0 unspecified atom stereocenters. The van der Waals surface area contributed by atoms with Crippen molar-refractivity contribution < 1.29 is 9.53 Å². The fourth-order valence-corrected chi connectivity index (χ4v) is 4.61. The molecule has 1 N–H and O–H groups in total. The van der Waals surface area contributed by atoms with Crippen molar-refractivity contribution in [3.8, 4) is 0 Å². The number of likely N-dealkylation sites (tertiary alicyclic amines) is 1. The number of ether oxygens (including phenoxy) is 1. The number of nitrogens with zero attached hydrogens (tertiary/aromatic N) is 3. The summed E-state index contributed by atoms with van der Waals surface area (Å²) in [4.78, 5) is 19.4. The van der Waals surface area contributed by atoms with E-state index in [1.807, 2.05) is 45.3 Å². The van der Waals surface area contributed by atoms with Gasteiger partial charge in [-0.25, -0.2) is 9.78 Å². The minimum absolute atomic E-state index is 0.428. The highest BCUT2D eigenvalue weighted by Gasteiger charge is 2.28. The van der Waals surface area contributed by atoms with Gasteiger partial charge in [0.15, 0.2) is 0 Å². The van der Waals surface area contributed by atoms with Gasteiger partial charge in [-0.1, -0.05) is 12.8 Å². The largest absolute Gasteiger partial charge is 0.444 e. The molecule has 0 atom stereocenters. The number of carbonyl (C=O) groups excluding carboxylic acids is 1. The molecule has 2 aromatic rings. The molecule has 1 aliphatic carbocycles. The molecule has 2 aliphatic rings. The predicted molar refractivity (Wildman–Crippen MR) is 112 cm³/mol. The number of carbonyl (C=O) groups is 1. The second-order valence-corrected chi connectivity index (χ2v) is 9.19. The number of piperidine rings is 1. The molecular formula is C22H32N4O2. The summed E-state index contributed by atoms with van der Waals surface area (Å²) in [5.41, 5.74) is 2.27. The normalized spacial score (nSPS) is 20.0. The zero-order valence-electron chi connectivity index (χ0n) is 17.3. The van der Waals surface area contributed by atoms with E-state index >= 15 is 0 Å². The molecule has 1 aromatic carbocycles. The van der Waals surface area contributed by atoms with Crippen LogP contribution in [0.2, 0.25) is 0 Å². The molecule has 1 amide bonds. The zero-order valence-corrected chi connectivity index (χ0v) is 17.3. The molecule has 0 bridgehead atoms. The van der Waals surface area contributed by atoms with E-state index in [0.29, 0.717) is 6.04 Å². The molecule has 6 nitrogen and oxygen atoms in total. The summed E-state index contributed by atoms with van der Waals surface area (Å²) in [5, 5.41) is 2.84. The van der Waals surface area contributed by atoms with Crippen LogP contribution >= 0.6 is 0 Å². The third kappa shape index (κ3) is 4.32. The summed E-state index contributed by atoms with van der Waals surface area (Å²) in [6.07, 6.45) is 9.38. The fraction of sp³-hybridized carbons (Fsp3) is 0.636. The van der Waals surface area contributed by atoms with E-state index in [0.717, 1.165) is 35.6 Å². The molecule has 1 saturated heterocycles. The summed E-state index contributed by atoms with van der Waals surface area (Å²) in [5.74, 6) is 0. The first-order valence-electron chi connectivity index (χ1n) is 10.6. The first kappa shape index (κ1) is 19.2. The Hall–Kier alpha value is -2.08. The van der Waals surface area contributed by atoms with E-state index in [4.69, 9.17) is 4.74 Å². The predicted octanol–water partition coefficient (Wildman–Crippen LogP) is 4.96. The average Bonchev–Trinajstić information content (AvgIpc) is 3.30. The van der Waals surface area contributed by atoms with Crippen molar-refractivity contribution >= 4 is 22.8 Å². The summed E-state index contributed by atoms with van der Waals surface area (Å²) >= 11 is 0. The molecule has 2 heterocycles. The maximum absolute atomic E-state index is 12.1. The molecule has 0 radical (unpaired) electrons. The lowest BCUT2D eigenvalue weighted by atomic mass is 10.0. The summed E-state index contributed by atoms with van der Waals surface area (Å²) in [6, 6.07) is 7.14. The van der Waals surface area contributed by atoms with E-state index < -0.39 is 11.7 Å². The van der Waals surface area contributed by atoms with Gasteiger partial charge in [-0.15, -0.1) is 0 Å². The van der Waals surface area contributed by atoms with E-state index in [9.17, 15) is 4.79 Å². The third-order valence-electron chi connectivity index (χ3n) is 5.95. The molecule has 2 fully saturated rings. The van der Waals surface area contributed by atoms with Crippen LogP contribution in [0.1, 0.15) is 65.3 Å². The lowest BCUT2D eigenvalue weighted by Gasteiger charge is -2.36. The average molecular weight is 385 g/mol. The van der Waals surface area contributed by atoms with Gasteiger partial charge in [-0.05, 0) is 64.7 Å². The smallest absolute Gasteiger partial charge is 0.412 e. The van der Waals surface area contributed by atoms with Crippen LogP contribution in [0.3, 0.4) is 0 Å². The highest BCUT2D eigenvalue weighted by molar-refractivity contribution is 5.89. The minimum atomic E-state index is -0.511. The highest BCUT2D eigenvalue weighted by atomic mass is 16.6. The van der Waals surface area contributed by atoms with E-state index in [1.165, 1.54) is 38.8 Å². The van der Waals surface area contributed by atoms with Gasteiger partial charge in [0, 0.05) is 30.9 Å². The van der Waals surface area contributed by atoms with E-state index in [-0.39, 0.29) is 0 Å². The summed E-state index contributed by atoms with van der Waals surface area (Å²) in [7, 11) is 0. The number of nitrogens with one attached hydrogen (secondary N) is 1. The van der Waals surface area contributed by atoms with Gasteiger partial charge in [-0.3, -0.25) is 5.32 Å². The van der Waals surface area contributed by atoms with E-state index in [1.54, 1.807) is 0 Å². The standard InChI is InChI=1S/C22H32N4O2/c1-22(2,3)28-21(27)24-16-8-9-19-20(14-16)26(15-23-19)18-10-12-25(13-11-18)17-6-4-5-7-17/h8-9,14-15,17-18H,4-7,10-13H2,1-3H3,(H,24,27). The van der Waals surface area contributed by atoms with Gasteiger partial charge in [0.2, 0.25) is 0 Å². The second kappa shape index (κ2) is 7.74. The molecular weight excluding hydrogens is 352 g/mol. The molecule has 0 spiro atoms. The quantitative estimate of drug-likeness (QED) is 0.812. The van der Waals surface area contributed by atoms with Crippen LogP contribution < -0.4 is 5.32 Å². The Morgan fingerprint density at radius 3 is 2.50 bits per heavy atom. The summed E-state index contributed by atoms with van der Waals surface area (Å²) < 4.78 is 7.66. The van der Waals surface area contributed by atoms with Crippen molar-refractivity contribution in [3.05, 3.63) is 24.5 Å². The molecule has 1 saturated carbocycles. The van der Waals surface area contributed by atoms with Crippen molar-refractivity contribution in [2.24, 2.45) is 0 Å². The van der Waals surface area contributed by atoms with E-state index in [2.05, 4.69) is 19.8 Å². The molecule has 1 aliphatic heterocycles. The number of anilines is 1. The van der Waals surface area contributed by atoms with Crippen LogP contribution in [0.15, 0.2) is 24.5 Å². The number of rotatable bonds is 3. The van der Waals surface area contributed by atoms with Gasteiger partial charge in [0.1, 0.15) is 5.60 Å². The van der Waals surface area contributed by atoms with Crippen LogP contribution in [0.25, 0.3) is 11.0 Å². The van der Waals surface area contributed by atoms with Crippen molar-refractivity contribution in [1.82, 2.24) is 14.5 Å². The van der Waals surface area contributed by atoms with Crippen molar-refractivity contribution in [2.75, 3.05) is 18.4 Å². The van der Waals surface area contributed by atoms with Gasteiger partial charge in [0.25, 0.3) is 0 Å². The second-order valence-electron chi connectivity index (χ2n) is 9.19. The summed E-state index contributed by atoms with van der Waals surface area (Å²) in [6.45, 7) is 7.93. The van der Waals surface area contributed by atoms with Crippen LogP contribution in [0.4, 0.5) is 10.5 Å². The Morgan fingerprint density at radius 1 is 1.11 bits per heavy atom. The van der Waals surface area contributed by atoms with Crippen LogP contribution in [-0.2, 0) is 4.74 Å². The van der Waals surface area contributed by atoms with Gasteiger partial charge in [0.05, 0.1) is 17.4 Å². The molecule has 4 rings (SSSR count). The topological polar surface area (TPSA) is 59.4 Å². The molecule has 1 aromatic heterocycles. The molecule has 28 heavy (non-hydrogen) atoms. The van der Waals surface area contributed by atoms with Gasteiger partial charge < -0.3 is 14.2 Å². The van der Waals surface area contributed by atoms with Crippen LogP contribution in [0.5, 0.6) is 0 Å². The lowest BCUT2D eigenvalue weighted by Crippen LogP contribution is -2.40. The first-order valence-corrected chi connectivity index (χ1v) is 10.6. The number of hydrogen-bond acceptors (Lipinski definition) is 4. The monoisotopic (exact) mass is 384 g/mol. The number of aromatic nitrogens is 2. The number of imidazole rings is 1. The Labute approximate surface area is 167 Å². The minimum Gasteiger partial charge on any atom is -0.444 e. The maximum Gasteiger partial charge on any atom is 0.412 e. The lowest BCUT2D eigenvalue weighted by molar-refractivity contribution is 0.0636.